The van der Waals surface area contributed by atoms with E-state index in [0.29, 0.717) is 18.0 Å². The predicted molar refractivity (Wildman–Crippen MR) is 77.5 cm³/mol. The summed E-state index contributed by atoms with van der Waals surface area (Å²) in [7, 11) is 3.70. The van der Waals surface area contributed by atoms with E-state index in [1.807, 2.05) is 36.0 Å². The Morgan fingerprint density at radius 1 is 1.33 bits per heavy atom. The van der Waals surface area contributed by atoms with Crippen LogP contribution in [0, 0.1) is 0 Å². The average Bonchev–Trinajstić information content (AvgIpc) is 3.17. The van der Waals surface area contributed by atoms with E-state index < -0.39 is 0 Å². The van der Waals surface area contributed by atoms with Crippen LogP contribution in [0.25, 0.3) is 11.4 Å². The Morgan fingerprint density at radius 2 is 2.19 bits per heavy atom. The van der Waals surface area contributed by atoms with Gasteiger partial charge in [-0.05, 0) is 30.3 Å². The molecule has 3 aromatic rings. The van der Waals surface area contributed by atoms with Crippen molar-refractivity contribution in [3.8, 4) is 11.4 Å². The lowest BCUT2D eigenvalue weighted by Gasteiger charge is -2.02. The molecule has 1 N–H and O–H groups in total. The van der Waals surface area contributed by atoms with Gasteiger partial charge in [-0.2, -0.15) is 5.10 Å². The van der Waals surface area contributed by atoms with Crippen molar-refractivity contribution in [2.75, 3.05) is 0 Å². The Labute approximate surface area is 122 Å². The van der Waals surface area contributed by atoms with Crippen LogP contribution >= 0.6 is 0 Å². The normalized spacial score (nSPS) is 10.8. The first-order valence-corrected chi connectivity index (χ1v) is 6.61. The molecule has 0 aliphatic heterocycles. The van der Waals surface area contributed by atoms with Crippen molar-refractivity contribution in [3.63, 3.8) is 0 Å². The first kappa shape index (κ1) is 13.2. The van der Waals surface area contributed by atoms with Crippen LogP contribution in [-0.2, 0) is 20.6 Å². The maximum Gasteiger partial charge on any atom is 0.269 e. The molecule has 6 heteroatoms. The fourth-order valence-corrected chi connectivity index (χ4v) is 2.20. The van der Waals surface area contributed by atoms with Gasteiger partial charge in [0.15, 0.2) is 0 Å². The number of nitrogens with one attached hydrogen (secondary N) is 1. The van der Waals surface area contributed by atoms with E-state index in [1.165, 1.54) is 0 Å². The molecule has 0 aliphatic rings. The second-order valence-electron chi connectivity index (χ2n) is 4.80. The fraction of sp³-hybridized carbons (Fsp3) is 0.200. The Morgan fingerprint density at radius 3 is 2.86 bits per heavy atom. The maximum absolute atomic E-state index is 12.2. The van der Waals surface area contributed by atoms with Crippen molar-refractivity contribution in [1.29, 1.82) is 0 Å². The first-order valence-electron chi connectivity index (χ1n) is 6.61. The molecule has 0 bridgehead atoms. The molecule has 1 amide bonds. The van der Waals surface area contributed by atoms with E-state index in [2.05, 4.69) is 10.4 Å². The highest BCUT2D eigenvalue weighted by molar-refractivity contribution is 5.93. The number of carbonyl (C=O) groups is 1. The molecule has 0 aliphatic carbocycles. The fourth-order valence-electron chi connectivity index (χ4n) is 2.20. The van der Waals surface area contributed by atoms with Crippen LogP contribution in [0.5, 0.6) is 0 Å². The highest BCUT2D eigenvalue weighted by Crippen LogP contribution is 2.18. The summed E-state index contributed by atoms with van der Waals surface area (Å²) in [5.74, 6) is 0.537. The van der Waals surface area contributed by atoms with E-state index in [9.17, 15) is 4.79 Å². The SMILES string of the molecule is Cn1cccc1-c1cc(C(=O)NCc2ccco2)n(C)n1. The number of nitrogens with zero attached hydrogens (tertiary/aromatic N) is 3. The predicted octanol–water partition coefficient (Wildman–Crippen LogP) is 1.95. The number of aromatic nitrogens is 3. The summed E-state index contributed by atoms with van der Waals surface area (Å²) in [5, 5.41) is 7.21. The minimum Gasteiger partial charge on any atom is -0.467 e. The van der Waals surface area contributed by atoms with Gasteiger partial charge in [-0.1, -0.05) is 0 Å². The number of amides is 1. The van der Waals surface area contributed by atoms with Gasteiger partial charge in [0.2, 0.25) is 0 Å². The Bertz CT molecular complexity index is 753. The van der Waals surface area contributed by atoms with Gasteiger partial charge < -0.3 is 14.3 Å². The van der Waals surface area contributed by atoms with Gasteiger partial charge in [-0.3, -0.25) is 9.48 Å². The molecule has 6 nitrogen and oxygen atoms in total. The van der Waals surface area contributed by atoms with Crippen LogP contribution in [-0.4, -0.2) is 20.3 Å². The number of aryl methyl sites for hydroxylation is 2. The molecule has 3 aromatic heterocycles. The Kier molecular flexibility index (Phi) is 3.35. The molecule has 108 valence electrons. The molecule has 0 saturated heterocycles. The van der Waals surface area contributed by atoms with Crippen LogP contribution < -0.4 is 5.32 Å². The van der Waals surface area contributed by atoms with Crippen LogP contribution in [0.1, 0.15) is 16.2 Å². The standard InChI is InChI=1S/C15H16N4O2/c1-18-7-3-6-13(18)12-9-14(19(2)17-12)15(20)16-10-11-5-4-8-21-11/h3-9H,10H2,1-2H3,(H,16,20). The van der Waals surface area contributed by atoms with E-state index in [1.54, 1.807) is 30.1 Å². The Balaban J connectivity index is 1.78. The monoisotopic (exact) mass is 284 g/mol. The molecular weight excluding hydrogens is 268 g/mol. The second kappa shape index (κ2) is 5.32. The molecule has 0 atom stereocenters. The summed E-state index contributed by atoms with van der Waals surface area (Å²) in [6.07, 6.45) is 3.53. The molecule has 0 aromatic carbocycles. The van der Waals surface area contributed by atoms with E-state index in [0.717, 1.165) is 11.4 Å². The number of carbonyl (C=O) groups excluding carboxylic acids is 1. The summed E-state index contributed by atoms with van der Waals surface area (Å²) >= 11 is 0. The van der Waals surface area contributed by atoms with Gasteiger partial charge in [-0.25, -0.2) is 0 Å². The quantitative estimate of drug-likeness (QED) is 0.796. The lowest BCUT2D eigenvalue weighted by molar-refractivity contribution is 0.0938. The number of furan rings is 1. The average molecular weight is 284 g/mol. The lowest BCUT2D eigenvalue weighted by Crippen LogP contribution is -2.24. The molecule has 3 heterocycles. The summed E-state index contributed by atoms with van der Waals surface area (Å²) < 4.78 is 8.74. The number of rotatable bonds is 4. The number of hydrogen-bond acceptors (Lipinski definition) is 3. The minimum absolute atomic E-state index is 0.179. The topological polar surface area (TPSA) is 65.0 Å². The highest BCUT2D eigenvalue weighted by Gasteiger charge is 2.15. The molecule has 21 heavy (non-hydrogen) atoms. The van der Waals surface area contributed by atoms with Gasteiger partial charge in [0.1, 0.15) is 17.1 Å². The number of hydrogen-bond donors (Lipinski definition) is 1. The summed E-state index contributed by atoms with van der Waals surface area (Å²) in [4.78, 5) is 12.2. The summed E-state index contributed by atoms with van der Waals surface area (Å²) in [5.41, 5.74) is 2.25. The van der Waals surface area contributed by atoms with Crippen molar-refractivity contribution in [3.05, 3.63) is 54.2 Å². The first-order chi connectivity index (χ1) is 10.1. The van der Waals surface area contributed by atoms with Gasteiger partial charge >= 0.3 is 0 Å². The van der Waals surface area contributed by atoms with E-state index in [-0.39, 0.29) is 5.91 Å². The van der Waals surface area contributed by atoms with Crippen molar-refractivity contribution >= 4 is 5.91 Å². The lowest BCUT2D eigenvalue weighted by atomic mass is 10.2. The Hall–Kier alpha value is -2.76. The van der Waals surface area contributed by atoms with E-state index >= 15 is 0 Å². The van der Waals surface area contributed by atoms with Crippen LogP contribution in [0.2, 0.25) is 0 Å². The second-order valence-corrected chi connectivity index (χ2v) is 4.80. The van der Waals surface area contributed by atoms with Gasteiger partial charge in [0, 0.05) is 20.3 Å². The van der Waals surface area contributed by atoms with Gasteiger partial charge in [0.05, 0.1) is 18.5 Å². The molecule has 0 radical (unpaired) electrons. The smallest absolute Gasteiger partial charge is 0.269 e. The molecule has 3 rings (SSSR count). The zero-order valence-electron chi connectivity index (χ0n) is 11.9. The van der Waals surface area contributed by atoms with Crippen molar-refractivity contribution in [2.45, 2.75) is 6.54 Å². The van der Waals surface area contributed by atoms with E-state index in [4.69, 9.17) is 4.42 Å². The third-order valence-electron chi connectivity index (χ3n) is 3.32. The summed E-state index contributed by atoms with van der Waals surface area (Å²) in [6.45, 7) is 0.358. The molecule has 0 spiro atoms. The maximum atomic E-state index is 12.2. The molecule has 0 unspecified atom stereocenters. The third-order valence-corrected chi connectivity index (χ3v) is 3.32. The minimum atomic E-state index is -0.179. The third kappa shape index (κ3) is 2.60. The zero-order chi connectivity index (χ0) is 14.8. The van der Waals surface area contributed by atoms with Gasteiger partial charge in [-0.15, -0.1) is 0 Å². The molecule has 0 fully saturated rings. The van der Waals surface area contributed by atoms with Crippen molar-refractivity contribution in [1.82, 2.24) is 19.7 Å². The van der Waals surface area contributed by atoms with Crippen molar-refractivity contribution < 1.29 is 9.21 Å². The van der Waals surface area contributed by atoms with Crippen LogP contribution in [0.4, 0.5) is 0 Å². The molecular formula is C15H16N4O2. The zero-order valence-corrected chi connectivity index (χ0v) is 11.9. The molecule has 0 saturated carbocycles. The van der Waals surface area contributed by atoms with Crippen LogP contribution in [0.15, 0.2) is 47.2 Å². The van der Waals surface area contributed by atoms with Gasteiger partial charge in [0.25, 0.3) is 5.91 Å². The highest BCUT2D eigenvalue weighted by atomic mass is 16.3. The van der Waals surface area contributed by atoms with Crippen molar-refractivity contribution in [2.24, 2.45) is 14.1 Å². The summed E-state index contributed by atoms with van der Waals surface area (Å²) in [6, 6.07) is 9.30. The largest absolute Gasteiger partial charge is 0.467 e. The van der Waals surface area contributed by atoms with Crippen LogP contribution in [0.3, 0.4) is 0 Å².